The highest BCUT2D eigenvalue weighted by Gasteiger charge is 2.13. The zero-order valence-corrected chi connectivity index (χ0v) is 12.3. The summed E-state index contributed by atoms with van der Waals surface area (Å²) in [7, 11) is 0. The number of anilines is 3. The van der Waals surface area contributed by atoms with Gasteiger partial charge in [-0.3, -0.25) is 0 Å². The third-order valence-electron chi connectivity index (χ3n) is 2.67. The number of carbonyl (C=O) groups excluding carboxylic acids is 1. The lowest BCUT2D eigenvalue weighted by Crippen LogP contribution is -2.21. The van der Waals surface area contributed by atoms with E-state index in [1.54, 1.807) is 30.3 Å². The Balaban J connectivity index is 2.17. The Morgan fingerprint density at radius 3 is 2.38 bits per heavy atom. The molecule has 0 unspecified atom stereocenters. The van der Waals surface area contributed by atoms with Crippen LogP contribution in [0.25, 0.3) is 0 Å². The molecule has 0 aliphatic carbocycles. The summed E-state index contributed by atoms with van der Waals surface area (Å²) >= 11 is 3.19. The fraction of sp³-hybridized carbons (Fsp3) is 0. The van der Waals surface area contributed by atoms with E-state index in [-0.39, 0.29) is 11.3 Å². The summed E-state index contributed by atoms with van der Waals surface area (Å²) in [6, 6.07) is 10.8. The lowest BCUT2D eigenvalue weighted by atomic mass is 10.2. The van der Waals surface area contributed by atoms with Gasteiger partial charge in [-0.15, -0.1) is 0 Å². The summed E-state index contributed by atoms with van der Waals surface area (Å²) in [5.74, 6) is -1.13. The van der Waals surface area contributed by atoms with Gasteiger partial charge in [-0.25, -0.2) is 9.59 Å². The first kappa shape index (κ1) is 14.9. The van der Waals surface area contributed by atoms with Gasteiger partial charge in [0.15, 0.2) is 0 Å². The van der Waals surface area contributed by atoms with Gasteiger partial charge in [0, 0.05) is 4.47 Å². The van der Waals surface area contributed by atoms with Crippen LogP contribution in [0.2, 0.25) is 0 Å². The number of urea groups is 1. The van der Waals surface area contributed by atoms with Crippen molar-refractivity contribution in [1.82, 2.24) is 0 Å². The number of hydrogen-bond acceptors (Lipinski definition) is 3. The second kappa shape index (κ2) is 6.27. The second-order valence-corrected chi connectivity index (χ2v) is 5.08. The van der Waals surface area contributed by atoms with Crippen LogP contribution in [0.5, 0.6) is 0 Å². The maximum atomic E-state index is 11.9. The summed E-state index contributed by atoms with van der Waals surface area (Å²) in [5, 5.41) is 14.2. The highest BCUT2D eigenvalue weighted by Crippen LogP contribution is 2.22. The van der Waals surface area contributed by atoms with E-state index in [4.69, 9.17) is 10.8 Å². The second-order valence-electron chi connectivity index (χ2n) is 4.16. The van der Waals surface area contributed by atoms with Crippen molar-refractivity contribution in [2.45, 2.75) is 0 Å². The van der Waals surface area contributed by atoms with E-state index in [1.807, 2.05) is 0 Å². The molecule has 0 atom stereocenters. The third-order valence-corrected chi connectivity index (χ3v) is 3.16. The molecule has 0 aliphatic heterocycles. The maximum absolute atomic E-state index is 11.9. The number of carboxylic acid groups (broad SMARTS) is 1. The van der Waals surface area contributed by atoms with Crippen molar-refractivity contribution in [2.75, 3.05) is 16.4 Å². The van der Waals surface area contributed by atoms with Crippen LogP contribution in [-0.4, -0.2) is 17.1 Å². The average Bonchev–Trinajstić information content (AvgIpc) is 2.43. The van der Waals surface area contributed by atoms with E-state index in [9.17, 15) is 9.59 Å². The molecule has 0 heterocycles. The van der Waals surface area contributed by atoms with E-state index in [2.05, 4.69) is 26.6 Å². The smallest absolute Gasteiger partial charge is 0.337 e. The minimum absolute atomic E-state index is 0.0134. The number of nitrogens with two attached hydrogens (primary N) is 1. The monoisotopic (exact) mass is 349 g/mol. The number of carboxylic acids is 1. The molecule has 2 aromatic rings. The number of amides is 2. The third kappa shape index (κ3) is 3.73. The number of rotatable bonds is 3. The summed E-state index contributed by atoms with van der Waals surface area (Å²) in [6.07, 6.45) is 0. The van der Waals surface area contributed by atoms with E-state index in [0.29, 0.717) is 15.8 Å². The zero-order valence-electron chi connectivity index (χ0n) is 10.8. The van der Waals surface area contributed by atoms with Crippen molar-refractivity contribution >= 4 is 45.0 Å². The molecule has 0 saturated heterocycles. The Morgan fingerprint density at radius 1 is 1.05 bits per heavy atom. The number of carbonyl (C=O) groups is 2. The first-order valence-corrected chi connectivity index (χ1v) is 6.72. The molecule has 0 bridgehead atoms. The van der Waals surface area contributed by atoms with Gasteiger partial charge in [0.05, 0.1) is 22.6 Å². The minimum atomic E-state index is -1.13. The molecule has 108 valence electrons. The highest BCUT2D eigenvalue weighted by molar-refractivity contribution is 9.10. The van der Waals surface area contributed by atoms with Crippen molar-refractivity contribution in [3.63, 3.8) is 0 Å². The summed E-state index contributed by atoms with van der Waals surface area (Å²) < 4.78 is 0.609. The molecule has 0 aliphatic rings. The van der Waals surface area contributed by atoms with Crippen LogP contribution in [0.3, 0.4) is 0 Å². The lowest BCUT2D eigenvalue weighted by Gasteiger charge is -2.11. The number of nitrogens with one attached hydrogen (secondary N) is 2. The number of nitrogen functional groups attached to an aromatic ring is 1. The van der Waals surface area contributed by atoms with Crippen LogP contribution < -0.4 is 16.4 Å². The van der Waals surface area contributed by atoms with E-state index >= 15 is 0 Å². The van der Waals surface area contributed by atoms with E-state index in [1.165, 1.54) is 12.1 Å². The fourth-order valence-electron chi connectivity index (χ4n) is 1.69. The zero-order chi connectivity index (χ0) is 15.4. The molecule has 5 N–H and O–H groups in total. The minimum Gasteiger partial charge on any atom is -0.478 e. The normalized spacial score (nSPS) is 9.95. The largest absolute Gasteiger partial charge is 0.478 e. The molecule has 2 aromatic carbocycles. The van der Waals surface area contributed by atoms with Crippen molar-refractivity contribution in [2.24, 2.45) is 0 Å². The van der Waals surface area contributed by atoms with Gasteiger partial charge in [0.25, 0.3) is 0 Å². The number of para-hydroxylation sites is 2. The SMILES string of the molecule is Nc1ccccc1NC(=O)Nc1ccc(Br)cc1C(=O)O. The maximum Gasteiger partial charge on any atom is 0.337 e. The van der Waals surface area contributed by atoms with Gasteiger partial charge in [0.2, 0.25) is 0 Å². The predicted octanol–water partition coefficient (Wildman–Crippen LogP) is 3.37. The van der Waals surface area contributed by atoms with Crippen LogP contribution >= 0.6 is 15.9 Å². The standard InChI is InChI=1S/C14H12BrN3O3/c15-8-5-6-11(9(7-8)13(19)20)17-14(21)18-12-4-2-1-3-10(12)16/h1-7H,16H2,(H,19,20)(H2,17,18,21). The number of halogens is 1. The molecule has 2 rings (SSSR count). The fourth-order valence-corrected chi connectivity index (χ4v) is 2.05. The first-order chi connectivity index (χ1) is 9.97. The molecule has 0 spiro atoms. The molecule has 7 heteroatoms. The van der Waals surface area contributed by atoms with Crippen LogP contribution in [0.1, 0.15) is 10.4 Å². The van der Waals surface area contributed by atoms with E-state index < -0.39 is 12.0 Å². The lowest BCUT2D eigenvalue weighted by molar-refractivity contribution is 0.0698. The summed E-state index contributed by atoms with van der Waals surface area (Å²) in [4.78, 5) is 23.1. The van der Waals surface area contributed by atoms with Crippen LogP contribution in [0, 0.1) is 0 Å². The Bertz CT molecular complexity index is 704. The summed E-state index contributed by atoms with van der Waals surface area (Å²) in [6.45, 7) is 0. The molecule has 0 aromatic heterocycles. The van der Waals surface area contributed by atoms with Crippen LogP contribution in [0.15, 0.2) is 46.9 Å². The van der Waals surface area contributed by atoms with Gasteiger partial charge >= 0.3 is 12.0 Å². The molecule has 6 nitrogen and oxygen atoms in total. The summed E-state index contributed by atoms with van der Waals surface area (Å²) in [5.41, 5.74) is 6.76. The average molecular weight is 350 g/mol. The van der Waals surface area contributed by atoms with Gasteiger partial charge in [-0.05, 0) is 30.3 Å². The molecule has 2 amide bonds. The molecule has 0 fully saturated rings. The predicted molar refractivity (Wildman–Crippen MR) is 84.6 cm³/mol. The molecule has 21 heavy (non-hydrogen) atoms. The van der Waals surface area contributed by atoms with Crippen LogP contribution in [-0.2, 0) is 0 Å². The number of hydrogen-bond donors (Lipinski definition) is 4. The number of benzene rings is 2. The van der Waals surface area contributed by atoms with Crippen molar-refractivity contribution in [3.8, 4) is 0 Å². The van der Waals surface area contributed by atoms with Crippen LogP contribution in [0.4, 0.5) is 21.9 Å². The van der Waals surface area contributed by atoms with Gasteiger partial charge in [-0.1, -0.05) is 28.1 Å². The quantitative estimate of drug-likeness (QED) is 0.637. The molecule has 0 radical (unpaired) electrons. The molecular formula is C14H12BrN3O3. The van der Waals surface area contributed by atoms with Crippen molar-refractivity contribution in [3.05, 3.63) is 52.5 Å². The van der Waals surface area contributed by atoms with Crippen molar-refractivity contribution in [1.29, 1.82) is 0 Å². The van der Waals surface area contributed by atoms with Gasteiger partial charge < -0.3 is 21.5 Å². The molecular weight excluding hydrogens is 338 g/mol. The van der Waals surface area contributed by atoms with E-state index in [0.717, 1.165) is 0 Å². The Hall–Kier alpha value is -2.54. The topological polar surface area (TPSA) is 104 Å². The van der Waals surface area contributed by atoms with Crippen molar-refractivity contribution < 1.29 is 14.7 Å². The first-order valence-electron chi connectivity index (χ1n) is 5.92. The Kier molecular flexibility index (Phi) is 4.44. The molecule has 0 saturated carbocycles. The highest BCUT2D eigenvalue weighted by atomic mass is 79.9. The Labute approximate surface area is 129 Å². The Morgan fingerprint density at radius 2 is 1.71 bits per heavy atom. The van der Waals surface area contributed by atoms with Gasteiger partial charge in [-0.2, -0.15) is 0 Å². The number of aromatic carboxylic acids is 1. The van der Waals surface area contributed by atoms with Gasteiger partial charge in [0.1, 0.15) is 0 Å².